The molecular weight excluding hydrogens is 344 g/mol. The Morgan fingerprint density at radius 3 is 2.54 bits per heavy atom. The molecular formula is C17H12N2O3S2. The Kier molecular flexibility index (Phi) is 4.46. The summed E-state index contributed by atoms with van der Waals surface area (Å²) in [5.41, 5.74) is 2.00. The molecule has 1 amide bonds. The van der Waals surface area contributed by atoms with Crippen LogP contribution in [0.15, 0.2) is 53.4 Å². The molecule has 1 aliphatic heterocycles. The molecule has 7 heteroatoms. The first kappa shape index (κ1) is 16.4. The number of carbonyl (C=O) groups is 1. The van der Waals surface area contributed by atoms with E-state index in [2.05, 4.69) is 0 Å². The summed E-state index contributed by atoms with van der Waals surface area (Å²) >= 11 is 6.48. The summed E-state index contributed by atoms with van der Waals surface area (Å²) in [6, 6.07) is 13.8. The van der Waals surface area contributed by atoms with Crippen molar-refractivity contribution in [2.24, 2.45) is 0 Å². The van der Waals surface area contributed by atoms with E-state index < -0.39 is 4.92 Å². The first-order valence-electron chi connectivity index (χ1n) is 7.06. The van der Waals surface area contributed by atoms with Crippen molar-refractivity contribution in [3.63, 3.8) is 0 Å². The van der Waals surface area contributed by atoms with Crippen LogP contribution in [0.25, 0.3) is 6.08 Å². The predicted molar refractivity (Wildman–Crippen MR) is 99.9 cm³/mol. The summed E-state index contributed by atoms with van der Waals surface area (Å²) in [6.45, 7) is 1.90. The maximum Gasteiger partial charge on any atom is 0.276 e. The second-order valence-electron chi connectivity index (χ2n) is 5.12. The zero-order chi connectivity index (χ0) is 17.3. The fourth-order valence-electron chi connectivity index (χ4n) is 2.41. The van der Waals surface area contributed by atoms with E-state index in [-0.39, 0.29) is 11.6 Å². The number of amides is 1. The standard InChI is InChI=1S/C17H12N2O3S2/c1-11-6-2-4-8-13(11)18-16(20)15(24-17(18)23)10-12-7-3-5-9-14(12)19(21)22/h2-10H,1H3. The lowest BCUT2D eigenvalue weighted by atomic mass is 10.1. The van der Waals surface area contributed by atoms with Crippen molar-refractivity contribution in [1.29, 1.82) is 0 Å². The topological polar surface area (TPSA) is 63.5 Å². The molecule has 0 bridgehead atoms. The van der Waals surface area contributed by atoms with Crippen LogP contribution in [-0.2, 0) is 4.79 Å². The quantitative estimate of drug-likeness (QED) is 0.355. The van der Waals surface area contributed by atoms with Gasteiger partial charge in [0.1, 0.15) is 0 Å². The van der Waals surface area contributed by atoms with Crippen molar-refractivity contribution in [2.75, 3.05) is 4.90 Å². The molecule has 0 spiro atoms. The van der Waals surface area contributed by atoms with Gasteiger partial charge in [-0.3, -0.25) is 19.8 Å². The number of benzene rings is 2. The monoisotopic (exact) mass is 356 g/mol. The fraction of sp³-hybridized carbons (Fsp3) is 0.0588. The Morgan fingerprint density at radius 1 is 1.17 bits per heavy atom. The zero-order valence-corrected chi connectivity index (χ0v) is 14.3. The summed E-state index contributed by atoms with van der Waals surface area (Å²) in [4.78, 5) is 25.2. The number of hydrogen-bond donors (Lipinski definition) is 0. The number of para-hydroxylation sites is 2. The van der Waals surface area contributed by atoms with Crippen LogP contribution < -0.4 is 4.90 Å². The van der Waals surface area contributed by atoms with Crippen molar-refractivity contribution < 1.29 is 9.72 Å². The number of carbonyl (C=O) groups excluding carboxylic acids is 1. The van der Waals surface area contributed by atoms with Gasteiger partial charge in [0.2, 0.25) is 0 Å². The second-order valence-corrected chi connectivity index (χ2v) is 6.80. The normalized spacial score (nSPS) is 16.0. The minimum Gasteiger partial charge on any atom is -0.268 e. The molecule has 1 saturated heterocycles. The lowest BCUT2D eigenvalue weighted by Crippen LogP contribution is -2.28. The smallest absolute Gasteiger partial charge is 0.268 e. The molecule has 2 aromatic rings. The number of anilines is 1. The molecule has 2 aromatic carbocycles. The molecule has 1 fully saturated rings. The molecule has 120 valence electrons. The number of nitro benzene ring substituents is 1. The molecule has 0 saturated carbocycles. The van der Waals surface area contributed by atoms with Crippen molar-refractivity contribution >= 4 is 51.7 Å². The molecule has 0 aliphatic carbocycles. The maximum absolute atomic E-state index is 12.7. The third kappa shape index (κ3) is 2.95. The summed E-state index contributed by atoms with van der Waals surface area (Å²) in [5, 5.41) is 11.1. The van der Waals surface area contributed by atoms with E-state index >= 15 is 0 Å². The van der Waals surface area contributed by atoms with E-state index in [1.165, 1.54) is 17.0 Å². The van der Waals surface area contributed by atoms with Gasteiger partial charge >= 0.3 is 0 Å². The molecule has 0 unspecified atom stereocenters. The van der Waals surface area contributed by atoms with Gasteiger partial charge in [0, 0.05) is 6.07 Å². The van der Waals surface area contributed by atoms with Crippen molar-refractivity contribution in [3.05, 3.63) is 74.7 Å². The van der Waals surface area contributed by atoms with Crippen molar-refractivity contribution in [3.8, 4) is 0 Å². The van der Waals surface area contributed by atoms with Gasteiger partial charge < -0.3 is 0 Å². The number of hydrogen-bond acceptors (Lipinski definition) is 5. The highest BCUT2D eigenvalue weighted by Gasteiger charge is 2.34. The molecule has 0 radical (unpaired) electrons. The van der Waals surface area contributed by atoms with E-state index in [9.17, 15) is 14.9 Å². The fourth-order valence-corrected chi connectivity index (χ4v) is 3.68. The highest BCUT2D eigenvalue weighted by atomic mass is 32.2. The number of nitro groups is 1. The highest BCUT2D eigenvalue weighted by Crippen LogP contribution is 2.38. The third-order valence-electron chi connectivity index (χ3n) is 3.57. The SMILES string of the molecule is Cc1ccccc1N1C(=O)C(=Cc2ccccc2[N+](=O)[O-])SC1=S. The van der Waals surface area contributed by atoms with E-state index in [0.29, 0.717) is 14.8 Å². The number of aryl methyl sites for hydroxylation is 1. The molecule has 5 nitrogen and oxygen atoms in total. The van der Waals surface area contributed by atoms with Gasteiger partial charge in [0.05, 0.1) is 21.1 Å². The minimum absolute atomic E-state index is 0.0429. The third-order valence-corrected chi connectivity index (χ3v) is 4.87. The van der Waals surface area contributed by atoms with Gasteiger partial charge in [-0.05, 0) is 30.7 Å². The molecule has 0 aromatic heterocycles. The van der Waals surface area contributed by atoms with Crippen LogP contribution in [0.1, 0.15) is 11.1 Å². The van der Waals surface area contributed by atoms with Crippen LogP contribution in [0.4, 0.5) is 11.4 Å². The van der Waals surface area contributed by atoms with Crippen LogP contribution >= 0.6 is 24.0 Å². The molecule has 1 aliphatic rings. The van der Waals surface area contributed by atoms with Crippen LogP contribution in [0.2, 0.25) is 0 Å². The van der Waals surface area contributed by atoms with E-state index in [1.54, 1.807) is 18.2 Å². The van der Waals surface area contributed by atoms with Gasteiger partial charge in [-0.15, -0.1) is 0 Å². The van der Waals surface area contributed by atoms with Gasteiger partial charge in [-0.1, -0.05) is 54.3 Å². The minimum atomic E-state index is -0.464. The number of nitrogens with zero attached hydrogens (tertiary/aromatic N) is 2. The lowest BCUT2D eigenvalue weighted by molar-refractivity contribution is -0.385. The maximum atomic E-state index is 12.7. The van der Waals surface area contributed by atoms with Crippen LogP contribution in [0.3, 0.4) is 0 Å². The Bertz CT molecular complexity index is 893. The Hall–Kier alpha value is -2.51. The van der Waals surface area contributed by atoms with Crippen LogP contribution in [-0.4, -0.2) is 15.2 Å². The largest absolute Gasteiger partial charge is 0.276 e. The summed E-state index contributed by atoms with van der Waals surface area (Å²) in [6.07, 6.45) is 1.52. The number of rotatable bonds is 3. The van der Waals surface area contributed by atoms with Gasteiger partial charge in [-0.25, -0.2) is 0 Å². The molecule has 0 N–H and O–H groups in total. The van der Waals surface area contributed by atoms with Gasteiger partial charge in [-0.2, -0.15) is 0 Å². The first-order chi connectivity index (χ1) is 11.5. The van der Waals surface area contributed by atoms with Crippen LogP contribution in [0.5, 0.6) is 0 Å². The average Bonchev–Trinajstić information content (AvgIpc) is 2.82. The molecule has 24 heavy (non-hydrogen) atoms. The zero-order valence-electron chi connectivity index (χ0n) is 12.6. The van der Waals surface area contributed by atoms with E-state index in [4.69, 9.17) is 12.2 Å². The predicted octanol–water partition coefficient (Wildman–Crippen LogP) is 4.31. The molecule has 0 atom stereocenters. The summed E-state index contributed by atoms with van der Waals surface area (Å²) < 4.78 is 0.416. The van der Waals surface area contributed by atoms with E-state index in [0.717, 1.165) is 23.0 Å². The van der Waals surface area contributed by atoms with Gasteiger partial charge in [0.15, 0.2) is 4.32 Å². The first-order valence-corrected chi connectivity index (χ1v) is 8.28. The Morgan fingerprint density at radius 2 is 1.83 bits per heavy atom. The van der Waals surface area contributed by atoms with Crippen molar-refractivity contribution in [2.45, 2.75) is 6.92 Å². The Balaban J connectivity index is 2.01. The van der Waals surface area contributed by atoms with E-state index in [1.807, 2.05) is 31.2 Å². The lowest BCUT2D eigenvalue weighted by Gasteiger charge is -2.16. The van der Waals surface area contributed by atoms with Crippen LogP contribution in [0, 0.1) is 17.0 Å². The number of thiocarbonyl (C=S) groups is 1. The Labute approximate surface area is 148 Å². The second kappa shape index (κ2) is 6.54. The van der Waals surface area contributed by atoms with Gasteiger partial charge in [0.25, 0.3) is 11.6 Å². The van der Waals surface area contributed by atoms with Crippen molar-refractivity contribution in [1.82, 2.24) is 0 Å². The average molecular weight is 356 g/mol. The summed E-state index contributed by atoms with van der Waals surface area (Å²) in [5.74, 6) is -0.266. The highest BCUT2D eigenvalue weighted by molar-refractivity contribution is 8.27. The summed E-state index contributed by atoms with van der Waals surface area (Å²) in [7, 11) is 0. The number of thioether (sulfide) groups is 1. The molecule has 1 heterocycles. The molecule has 3 rings (SSSR count).